The Kier molecular flexibility index (Phi) is 8.64. The van der Waals surface area contributed by atoms with Crippen LogP contribution in [0.5, 0.6) is 0 Å². The molecule has 0 unspecified atom stereocenters. The Labute approximate surface area is 117 Å². The van der Waals surface area contributed by atoms with E-state index < -0.39 is 0 Å². The van der Waals surface area contributed by atoms with Crippen LogP contribution in [0.15, 0.2) is 18.2 Å². The third kappa shape index (κ3) is 5.27. The van der Waals surface area contributed by atoms with Crippen LogP contribution in [0.25, 0.3) is 0 Å². The largest absolute Gasteiger partial charge is 1.00 e. The maximum Gasteiger partial charge on any atom is 1.00 e. The Hall–Kier alpha value is -0.263. The molecular formula is C14H21LiO2. The van der Waals surface area contributed by atoms with Gasteiger partial charge in [0.05, 0.1) is 12.2 Å². The molecule has 0 heterocycles. The molecule has 90 valence electrons. The molecule has 0 N–H and O–H groups in total. The van der Waals surface area contributed by atoms with E-state index >= 15 is 0 Å². The minimum Gasteiger partial charge on any atom is -0.376 e. The molecule has 1 aromatic carbocycles. The Bertz CT molecular complexity index is 288. The van der Waals surface area contributed by atoms with Gasteiger partial charge in [0.25, 0.3) is 0 Å². The average Bonchev–Trinajstić information content (AvgIpc) is 2.30. The molecule has 0 aliphatic heterocycles. The van der Waals surface area contributed by atoms with Crippen LogP contribution in [0.3, 0.4) is 0 Å². The summed E-state index contributed by atoms with van der Waals surface area (Å²) in [5, 5.41) is 0. The minimum absolute atomic E-state index is 0. The minimum atomic E-state index is 0. The predicted octanol–water partition coefficient (Wildman–Crippen LogP) is 0.686. The van der Waals surface area contributed by atoms with Crippen molar-refractivity contribution >= 4 is 0 Å². The second-order valence-electron chi connectivity index (χ2n) is 3.76. The number of ether oxygens (including phenoxy) is 2. The Morgan fingerprint density at radius 1 is 1.00 bits per heavy atom. The van der Waals surface area contributed by atoms with Gasteiger partial charge in [-0.05, 0) is 27.7 Å². The first-order chi connectivity index (χ1) is 7.69. The first-order valence-corrected chi connectivity index (χ1v) is 5.94. The summed E-state index contributed by atoms with van der Waals surface area (Å²) in [7, 11) is 0. The Morgan fingerprint density at radius 2 is 1.41 bits per heavy atom. The molecule has 0 aromatic heterocycles. The zero-order chi connectivity index (χ0) is 12.0. The van der Waals surface area contributed by atoms with Crippen LogP contribution < -0.4 is 18.9 Å². The van der Waals surface area contributed by atoms with Gasteiger partial charge in [0.15, 0.2) is 0 Å². The van der Waals surface area contributed by atoms with E-state index in [1.54, 1.807) is 0 Å². The summed E-state index contributed by atoms with van der Waals surface area (Å²) < 4.78 is 11.1. The fraction of sp³-hybridized carbons (Fsp3) is 0.571. The topological polar surface area (TPSA) is 18.5 Å². The van der Waals surface area contributed by atoms with Crippen LogP contribution in [-0.2, 0) is 9.47 Å². The van der Waals surface area contributed by atoms with Gasteiger partial charge >= 0.3 is 18.9 Å². The zero-order valence-corrected chi connectivity index (χ0v) is 11.6. The van der Waals surface area contributed by atoms with E-state index in [-0.39, 0.29) is 31.1 Å². The quantitative estimate of drug-likeness (QED) is 0.527. The van der Waals surface area contributed by atoms with E-state index in [0.717, 1.165) is 24.3 Å². The van der Waals surface area contributed by atoms with E-state index in [9.17, 15) is 0 Å². The molecule has 1 rings (SSSR count). The molecule has 2 nitrogen and oxygen atoms in total. The molecule has 17 heavy (non-hydrogen) atoms. The van der Waals surface area contributed by atoms with Crippen LogP contribution in [0.2, 0.25) is 0 Å². The molecule has 0 aliphatic carbocycles. The molecule has 0 aliphatic rings. The molecule has 0 spiro atoms. The molecule has 3 heteroatoms. The Morgan fingerprint density at radius 3 is 1.76 bits per heavy atom. The van der Waals surface area contributed by atoms with Gasteiger partial charge in [-0.1, -0.05) is 0 Å². The molecular weight excluding hydrogens is 207 g/mol. The fourth-order valence-electron chi connectivity index (χ4n) is 1.66. The molecule has 0 saturated carbocycles. The third-order valence-corrected chi connectivity index (χ3v) is 2.55. The summed E-state index contributed by atoms with van der Waals surface area (Å²) in [6.07, 6.45) is 0.192. The van der Waals surface area contributed by atoms with Crippen LogP contribution in [-0.4, -0.2) is 13.2 Å². The van der Waals surface area contributed by atoms with Crippen molar-refractivity contribution < 1.29 is 28.3 Å². The summed E-state index contributed by atoms with van der Waals surface area (Å²) in [5.41, 5.74) is 2.18. The summed E-state index contributed by atoms with van der Waals surface area (Å²) in [6.45, 7) is 9.54. The van der Waals surface area contributed by atoms with Gasteiger partial charge in [-0.15, -0.1) is 11.1 Å². The smallest absolute Gasteiger partial charge is 0.376 e. The maximum absolute atomic E-state index is 5.55. The summed E-state index contributed by atoms with van der Waals surface area (Å²) in [6, 6.07) is 9.49. The van der Waals surface area contributed by atoms with Crippen molar-refractivity contribution in [2.45, 2.75) is 39.9 Å². The van der Waals surface area contributed by atoms with Crippen molar-refractivity contribution in [2.75, 3.05) is 13.2 Å². The molecule has 2 atom stereocenters. The molecule has 0 radical (unpaired) electrons. The SMILES string of the molecule is CCO[C@@H](C)c1[c-]c([C@H](C)OCC)ccc1.[Li+]. The summed E-state index contributed by atoms with van der Waals surface area (Å²) >= 11 is 0. The van der Waals surface area contributed by atoms with E-state index in [4.69, 9.17) is 9.47 Å². The van der Waals surface area contributed by atoms with Gasteiger partial charge < -0.3 is 9.47 Å². The van der Waals surface area contributed by atoms with Gasteiger partial charge in [0, 0.05) is 13.2 Å². The number of benzene rings is 1. The Balaban J connectivity index is 0.00000256. The summed E-state index contributed by atoms with van der Waals surface area (Å²) in [5.74, 6) is 0. The second kappa shape index (κ2) is 8.77. The summed E-state index contributed by atoms with van der Waals surface area (Å²) in [4.78, 5) is 0. The van der Waals surface area contributed by atoms with Crippen LogP contribution >= 0.6 is 0 Å². The number of hydrogen-bond acceptors (Lipinski definition) is 2. The zero-order valence-electron chi connectivity index (χ0n) is 11.6. The maximum atomic E-state index is 5.55. The van der Waals surface area contributed by atoms with E-state index in [1.165, 1.54) is 0 Å². The van der Waals surface area contributed by atoms with Crippen molar-refractivity contribution in [3.8, 4) is 0 Å². The molecule has 0 bridgehead atoms. The van der Waals surface area contributed by atoms with Crippen LogP contribution in [0.4, 0.5) is 0 Å². The molecule has 0 fully saturated rings. The number of rotatable bonds is 6. The molecule has 0 saturated heterocycles. The van der Waals surface area contributed by atoms with Gasteiger partial charge in [-0.25, -0.2) is 0 Å². The van der Waals surface area contributed by atoms with Crippen LogP contribution in [0.1, 0.15) is 51.0 Å². The normalized spacial score (nSPS) is 13.9. The molecule has 1 aromatic rings. The van der Waals surface area contributed by atoms with Crippen molar-refractivity contribution in [1.29, 1.82) is 0 Å². The standard InChI is InChI=1S/C14H21O2.Li/c1-5-15-11(3)13-8-7-9-14(10-13)12(4)16-6-2;/h7-9,11-12H,5-6H2,1-4H3;/q-1;+1/t11-,12-;/m0./s1. The fourth-order valence-corrected chi connectivity index (χ4v) is 1.66. The monoisotopic (exact) mass is 228 g/mol. The van der Waals surface area contributed by atoms with Gasteiger partial charge in [-0.2, -0.15) is 24.3 Å². The van der Waals surface area contributed by atoms with Gasteiger partial charge in [0.1, 0.15) is 0 Å². The van der Waals surface area contributed by atoms with Crippen molar-refractivity contribution in [3.05, 3.63) is 35.4 Å². The van der Waals surface area contributed by atoms with Crippen molar-refractivity contribution in [3.63, 3.8) is 0 Å². The van der Waals surface area contributed by atoms with Crippen molar-refractivity contribution in [1.82, 2.24) is 0 Å². The second-order valence-corrected chi connectivity index (χ2v) is 3.76. The van der Waals surface area contributed by atoms with Gasteiger partial charge in [0.2, 0.25) is 0 Å². The third-order valence-electron chi connectivity index (χ3n) is 2.55. The molecule has 0 amide bonds. The van der Waals surface area contributed by atoms with Crippen molar-refractivity contribution in [2.24, 2.45) is 0 Å². The van der Waals surface area contributed by atoms with E-state index in [1.807, 2.05) is 45.9 Å². The van der Waals surface area contributed by atoms with Gasteiger partial charge in [-0.3, -0.25) is 0 Å². The first-order valence-electron chi connectivity index (χ1n) is 5.94. The van der Waals surface area contributed by atoms with E-state index in [0.29, 0.717) is 0 Å². The van der Waals surface area contributed by atoms with Crippen LogP contribution in [0, 0.1) is 6.07 Å². The predicted molar refractivity (Wildman–Crippen MR) is 65.4 cm³/mol. The van der Waals surface area contributed by atoms with E-state index in [2.05, 4.69) is 6.07 Å². The average molecular weight is 228 g/mol. The first kappa shape index (κ1) is 16.7. The number of hydrogen-bond donors (Lipinski definition) is 0.